The van der Waals surface area contributed by atoms with E-state index in [1.807, 2.05) is 54.6 Å². The Bertz CT molecular complexity index is 1620. The van der Waals surface area contributed by atoms with E-state index in [-0.39, 0.29) is 5.91 Å². The van der Waals surface area contributed by atoms with Crippen molar-refractivity contribution >= 4 is 16.9 Å². The van der Waals surface area contributed by atoms with Gasteiger partial charge in [0.15, 0.2) is 0 Å². The minimum Gasteiger partial charge on any atom is -0.493 e. The Kier molecular flexibility index (Phi) is 11.4. The summed E-state index contributed by atoms with van der Waals surface area (Å²) in [5.74, 6) is 2.17. The van der Waals surface area contributed by atoms with Gasteiger partial charge in [-0.05, 0) is 72.6 Å². The van der Waals surface area contributed by atoms with Crippen LogP contribution >= 0.6 is 0 Å². The molecular weight excluding hydrogens is 542 g/mol. The molecule has 5 rings (SSSR count). The summed E-state index contributed by atoms with van der Waals surface area (Å²) in [4.78, 5) is 17.5. The van der Waals surface area contributed by atoms with Crippen molar-refractivity contribution in [3.05, 3.63) is 133 Å². The third-order valence-corrected chi connectivity index (χ3v) is 7.93. The van der Waals surface area contributed by atoms with E-state index in [1.165, 1.54) is 22.2 Å². The maximum Gasteiger partial charge on any atom is 0.224 e. The highest BCUT2D eigenvalue weighted by molar-refractivity contribution is 5.79. The fourth-order valence-electron chi connectivity index (χ4n) is 5.59. The van der Waals surface area contributed by atoms with Crippen molar-refractivity contribution in [2.75, 3.05) is 13.2 Å². The molecule has 5 heteroatoms. The lowest BCUT2D eigenvalue weighted by molar-refractivity contribution is -0.120. The van der Waals surface area contributed by atoms with E-state index >= 15 is 0 Å². The number of aryl methyl sites for hydroxylation is 2. The largest absolute Gasteiger partial charge is 0.493 e. The average Bonchev–Trinajstić information content (AvgIpc) is 3.41. The molecule has 226 valence electrons. The van der Waals surface area contributed by atoms with Gasteiger partial charge in [-0.25, -0.2) is 4.98 Å². The lowest BCUT2D eigenvalue weighted by atomic mass is 10.0. The van der Waals surface area contributed by atoms with Gasteiger partial charge in [0.05, 0.1) is 24.1 Å². The maximum absolute atomic E-state index is 12.5. The number of ether oxygens (including phenoxy) is 1. The van der Waals surface area contributed by atoms with Crippen LogP contribution in [0.15, 0.2) is 116 Å². The third-order valence-electron chi connectivity index (χ3n) is 7.93. The summed E-state index contributed by atoms with van der Waals surface area (Å²) in [6, 6.07) is 35.2. The molecule has 0 unspecified atom stereocenters. The second-order valence-corrected chi connectivity index (χ2v) is 11.2. The van der Waals surface area contributed by atoms with Gasteiger partial charge < -0.3 is 14.6 Å². The van der Waals surface area contributed by atoms with Crippen molar-refractivity contribution in [1.82, 2.24) is 14.9 Å². The Morgan fingerprint density at radius 2 is 1.55 bits per heavy atom. The summed E-state index contributed by atoms with van der Waals surface area (Å²) < 4.78 is 8.48. The highest BCUT2D eigenvalue weighted by Crippen LogP contribution is 2.22. The van der Waals surface area contributed by atoms with E-state index in [1.54, 1.807) is 0 Å². The molecule has 5 nitrogen and oxygen atoms in total. The summed E-state index contributed by atoms with van der Waals surface area (Å²) >= 11 is 0. The molecule has 4 aromatic carbocycles. The molecule has 0 aliphatic rings. The zero-order valence-electron chi connectivity index (χ0n) is 25.6. The first kappa shape index (κ1) is 30.8. The zero-order valence-corrected chi connectivity index (χ0v) is 25.6. The van der Waals surface area contributed by atoms with Gasteiger partial charge in [0.2, 0.25) is 5.91 Å². The normalized spacial score (nSPS) is 11.0. The summed E-state index contributed by atoms with van der Waals surface area (Å²) in [6.07, 6.45) is 9.13. The van der Waals surface area contributed by atoms with E-state index < -0.39 is 0 Å². The minimum atomic E-state index is 0.0763. The molecule has 0 aliphatic carbocycles. The molecule has 5 aromatic rings. The average molecular weight is 586 g/mol. The smallest absolute Gasteiger partial charge is 0.224 e. The number of unbranched alkanes of at least 4 members (excludes halogenated alkanes) is 3. The number of carbonyl (C=O) groups is 1. The van der Waals surface area contributed by atoms with Gasteiger partial charge in [-0.2, -0.15) is 0 Å². The Morgan fingerprint density at radius 3 is 2.39 bits per heavy atom. The number of benzene rings is 4. The Labute approximate surface area is 261 Å². The molecule has 0 fully saturated rings. The molecule has 0 atom stereocenters. The summed E-state index contributed by atoms with van der Waals surface area (Å²) in [7, 11) is 0. The topological polar surface area (TPSA) is 56.1 Å². The predicted molar refractivity (Wildman–Crippen MR) is 181 cm³/mol. The first-order chi connectivity index (χ1) is 21.7. The minimum absolute atomic E-state index is 0.0763. The van der Waals surface area contributed by atoms with E-state index in [0.29, 0.717) is 19.6 Å². The van der Waals surface area contributed by atoms with Crippen LogP contribution in [0.3, 0.4) is 0 Å². The Hall–Kier alpha value is -4.64. The van der Waals surface area contributed by atoms with E-state index in [4.69, 9.17) is 9.72 Å². The van der Waals surface area contributed by atoms with Crippen molar-refractivity contribution in [3.8, 4) is 16.9 Å². The number of aromatic nitrogens is 2. The summed E-state index contributed by atoms with van der Waals surface area (Å²) in [6.45, 7) is 6.18. The van der Waals surface area contributed by atoms with Crippen molar-refractivity contribution in [1.29, 1.82) is 0 Å². The molecule has 1 N–H and O–H groups in total. The summed E-state index contributed by atoms with van der Waals surface area (Å²) in [5.41, 5.74) is 6.82. The van der Waals surface area contributed by atoms with Crippen molar-refractivity contribution in [3.63, 3.8) is 0 Å². The highest BCUT2D eigenvalue weighted by Gasteiger charge is 2.11. The van der Waals surface area contributed by atoms with Gasteiger partial charge in [-0.3, -0.25) is 4.79 Å². The number of rotatable bonds is 17. The van der Waals surface area contributed by atoms with E-state index in [0.717, 1.165) is 74.1 Å². The van der Waals surface area contributed by atoms with Crippen LogP contribution in [0, 0.1) is 0 Å². The molecular formula is C39H43N3O2. The number of hydrogen-bond donors (Lipinski definition) is 1. The number of carbonyl (C=O) groups excluding carboxylic acids is 1. The number of nitrogens with one attached hydrogen (secondary N) is 1. The second-order valence-electron chi connectivity index (χ2n) is 11.2. The van der Waals surface area contributed by atoms with Crippen molar-refractivity contribution in [2.45, 2.75) is 57.9 Å². The standard InChI is InChI=1S/C39H43N3O2/c1-2-15-34-18-8-11-21-37(34)44-29-14-13-28-42-36-20-10-9-19-35(36)41-38(42)22-7-4-12-27-40-39(43)30-31-23-25-33(26-24-31)32-16-5-3-6-17-32/h2-3,5-6,8-11,16-21,23-26H,1,4,7,12-15,22,27-30H2,(H,40,43). The molecule has 0 bridgehead atoms. The van der Waals surface area contributed by atoms with Crippen LogP contribution in [0.4, 0.5) is 0 Å². The van der Waals surface area contributed by atoms with Crippen molar-refractivity contribution in [2.24, 2.45) is 0 Å². The van der Waals surface area contributed by atoms with E-state index in [9.17, 15) is 4.79 Å². The third kappa shape index (κ3) is 8.70. The van der Waals surface area contributed by atoms with Crippen LogP contribution < -0.4 is 10.1 Å². The number of allylic oxidation sites excluding steroid dienone is 1. The molecule has 0 radical (unpaired) electrons. The van der Waals surface area contributed by atoms with Crippen LogP contribution in [0.2, 0.25) is 0 Å². The molecule has 1 amide bonds. The van der Waals surface area contributed by atoms with Crippen LogP contribution in [-0.2, 0) is 30.6 Å². The van der Waals surface area contributed by atoms with Crippen LogP contribution in [0.1, 0.15) is 49.1 Å². The lowest BCUT2D eigenvalue weighted by Gasteiger charge is -2.12. The molecule has 0 spiro atoms. The van der Waals surface area contributed by atoms with Crippen molar-refractivity contribution < 1.29 is 9.53 Å². The van der Waals surface area contributed by atoms with Crippen LogP contribution in [-0.4, -0.2) is 28.6 Å². The van der Waals surface area contributed by atoms with Crippen LogP contribution in [0.5, 0.6) is 5.75 Å². The van der Waals surface area contributed by atoms with Gasteiger partial charge in [-0.15, -0.1) is 6.58 Å². The monoisotopic (exact) mass is 585 g/mol. The molecule has 1 heterocycles. The second kappa shape index (κ2) is 16.3. The quantitative estimate of drug-likeness (QED) is 0.0881. The number of imidazole rings is 1. The van der Waals surface area contributed by atoms with Gasteiger partial charge in [0, 0.05) is 19.5 Å². The Morgan fingerprint density at radius 1 is 0.795 bits per heavy atom. The zero-order chi connectivity index (χ0) is 30.4. The van der Waals surface area contributed by atoms with Gasteiger partial charge in [0.1, 0.15) is 11.6 Å². The Balaban J connectivity index is 1.03. The molecule has 1 aromatic heterocycles. The fraction of sp³-hybridized carbons (Fsp3) is 0.282. The molecule has 44 heavy (non-hydrogen) atoms. The van der Waals surface area contributed by atoms with Crippen LogP contribution in [0.25, 0.3) is 22.2 Å². The number of nitrogens with zero attached hydrogens (tertiary/aromatic N) is 2. The number of fused-ring (bicyclic) bond motifs is 1. The molecule has 0 saturated carbocycles. The maximum atomic E-state index is 12.5. The first-order valence-corrected chi connectivity index (χ1v) is 15.9. The van der Waals surface area contributed by atoms with Gasteiger partial charge in [0.25, 0.3) is 0 Å². The number of hydrogen-bond acceptors (Lipinski definition) is 3. The lowest BCUT2D eigenvalue weighted by Crippen LogP contribution is -2.26. The highest BCUT2D eigenvalue weighted by atomic mass is 16.5. The first-order valence-electron chi connectivity index (χ1n) is 15.9. The fourth-order valence-corrected chi connectivity index (χ4v) is 5.59. The van der Waals surface area contributed by atoms with Gasteiger partial charge >= 0.3 is 0 Å². The van der Waals surface area contributed by atoms with Gasteiger partial charge in [-0.1, -0.05) is 97.4 Å². The SMILES string of the molecule is C=CCc1ccccc1OCCCCn1c(CCCCCNC(=O)Cc2ccc(-c3ccccc3)cc2)nc2ccccc21. The number of amides is 1. The van der Waals surface area contributed by atoms with E-state index in [2.05, 4.69) is 71.1 Å². The summed E-state index contributed by atoms with van der Waals surface area (Å²) in [5, 5.41) is 3.09. The molecule has 0 saturated heterocycles. The predicted octanol–water partition coefficient (Wildman–Crippen LogP) is 8.36. The molecule has 0 aliphatic heterocycles. The number of para-hydroxylation sites is 3.